The van der Waals surface area contributed by atoms with Crippen molar-refractivity contribution in [1.29, 1.82) is 0 Å². The third-order valence-corrected chi connectivity index (χ3v) is 4.22. The number of hydrogen-bond donors (Lipinski definition) is 1. The summed E-state index contributed by atoms with van der Waals surface area (Å²) in [7, 11) is 0. The second kappa shape index (κ2) is 10.1. The number of carbonyl (C=O) groups excluding carboxylic acids is 1. The molecule has 0 saturated heterocycles. The van der Waals surface area contributed by atoms with Gasteiger partial charge in [0, 0.05) is 17.7 Å². The fourth-order valence-electron chi connectivity index (χ4n) is 2.68. The van der Waals surface area contributed by atoms with Crippen LogP contribution in [-0.2, 0) is 6.42 Å². The normalized spacial score (nSPS) is 10.2. The van der Waals surface area contributed by atoms with Gasteiger partial charge >= 0.3 is 0 Å². The average molecular weight is 387 g/mol. The van der Waals surface area contributed by atoms with Crippen molar-refractivity contribution in [2.24, 2.45) is 0 Å². The van der Waals surface area contributed by atoms with Crippen molar-refractivity contribution in [1.82, 2.24) is 0 Å². The molecule has 0 aromatic heterocycles. The molecule has 0 radical (unpaired) electrons. The van der Waals surface area contributed by atoms with Gasteiger partial charge in [-0.2, -0.15) is 0 Å². The molecule has 1 N–H and O–H groups in total. The topological polar surface area (TPSA) is 47.6 Å². The molecule has 3 aromatic rings. The van der Waals surface area contributed by atoms with Gasteiger partial charge in [0.2, 0.25) is 0 Å². The van der Waals surface area contributed by atoms with Crippen LogP contribution in [0.25, 0.3) is 0 Å². The Bertz CT molecular complexity index is 932. The maximum atomic E-state index is 12.4. The molecule has 3 rings (SSSR count). The van der Waals surface area contributed by atoms with E-state index in [0.29, 0.717) is 24.5 Å². The maximum Gasteiger partial charge on any atom is 0.255 e. The van der Waals surface area contributed by atoms with Gasteiger partial charge in [-0.15, -0.1) is 0 Å². The monoisotopic (exact) mass is 387 g/mol. The van der Waals surface area contributed by atoms with E-state index in [9.17, 15) is 4.79 Å². The molecular formula is C25H25NO3. The van der Waals surface area contributed by atoms with Crippen LogP contribution in [0, 0.1) is 0 Å². The van der Waals surface area contributed by atoms with E-state index in [1.165, 1.54) is 5.56 Å². The molecule has 0 heterocycles. The second-order valence-electron chi connectivity index (χ2n) is 6.83. The van der Waals surface area contributed by atoms with Gasteiger partial charge < -0.3 is 14.8 Å². The highest BCUT2D eigenvalue weighted by Crippen LogP contribution is 2.18. The molecule has 0 aliphatic rings. The van der Waals surface area contributed by atoms with Gasteiger partial charge in [0.25, 0.3) is 5.91 Å². The zero-order valence-corrected chi connectivity index (χ0v) is 16.6. The van der Waals surface area contributed by atoms with Gasteiger partial charge in [-0.3, -0.25) is 4.79 Å². The van der Waals surface area contributed by atoms with E-state index in [-0.39, 0.29) is 5.91 Å². The number of nitrogens with one attached hydrogen (secondary N) is 1. The summed E-state index contributed by atoms with van der Waals surface area (Å²) < 4.78 is 11.3. The minimum Gasteiger partial charge on any atom is -0.493 e. The standard InChI is InChI=1S/C25H25NO3/c1-19(2)18-29-24-14-10-22(11-15-24)26-25(27)21-8-12-23(13-9-21)28-17-16-20-6-4-3-5-7-20/h3-15H,1,16-18H2,2H3,(H,26,27). The van der Waals surface area contributed by atoms with Crippen molar-refractivity contribution in [3.05, 3.63) is 102 Å². The van der Waals surface area contributed by atoms with Crippen LogP contribution in [-0.4, -0.2) is 19.1 Å². The minimum absolute atomic E-state index is 0.170. The summed E-state index contributed by atoms with van der Waals surface area (Å²) in [5.74, 6) is 1.32. The molecule has 0 aliphatic heterocycles. The maximum absolute atomic E-state index is 12.4. The van der Waals surface area contributed by atoms with E-state index >= 15 is 0 Å². The molecule has 148 valence electrons. The molecule has 0 atom stereocenters. The Hall–Kier alpha value is -3.53. The smallest absolute Gasteiger partial charge is 0.255 e. The molecule has 3 aromatic carbocycles. The lowest BCUT2D eigenvalue weighted by Gasteiger charge is -2.09. The fourth-order valence-corrected chi connectivity index (χ4v) is 2.68. The number of amides is 1. The third-order valence-electron chi connectivity index (χ3n) is 4.22. The van der Waals surface area contributed by atoms with Gasteiger partial charge in [-0.05, 0) is 66.6 Å². The second-order valence-corrected chi connectivity index (χ2v) is 6.83. The van der Waals surface area contributed by atoms with E-state index in [0.717, 1.165) is 23.5 Å². The highest BCUT2D eigenvalue weighted by molar-refractivity contribution is 6.04. The molecule has 0 fully saturated rings. The number of benzene rings is 3. The summed E-state index contributed by atoms with van der Waals surface area (Å²) in [6, 6.07) is 24.6. The molecule has 0 bridgehead atoms. The first kappa shape index (κ1) is 20.2. The largest absolute Gasteiger partial charge is 0.493 e. The van der Waals surface area contributed by atoms with Crippen LogP contribution in [0.2, 0.25) is 0 Å². The summed E-state index contributed by atoms with van der Waals surface area (Å²) in [6.45, 7) is 6.79. The van der Waals surface area contributed by atoms with E-state index in [4.69, 9.17) is 9.47 Å². The van der Waals surface area contributed by atoms with Gasteiger partial charge in [-0.1, -0.05) is 36.9 Å². The van der Waals surface area contributed by atoms with Crippen molar-refractivity contribution in [3.63, 3.8) is 0 Å². The van der Waals surface area contributed by atoms with Crippen molar-refractivity contribution in [2.45, 2.75) is 13.3 Å². The number of anilines is 1. The molecule has 0 saturated carbocycles. The van der Waals surface area contributed by atoms with Gasteiger partial charge in [0.15, 0.2) is 0 Å². The quantitative estimate of drug-likeness (QED) is 0.492. The van der Waals surface area contributed by atoms with Gasteiger partial charge in [-0.25, -0.2) is 0 Å². The van der Waals surface area contributed by atoms with Gasteiger partial charge in [0.1, 0.15) is 18.1 Å². The Morgan fingerprint density at radius 3 is 2.14 bits per heavy atom. The Kier molecular flexibility index (Phi) is 7.06. The van der Waals surface area contributed by atoms with E-state index in [2.05, 4.69) is 24.0 Å². The summed E-state index contributed by atoms with van der Waals surface area (Å²) in [5.41, 5.74) is 3.47. The lowest BCUT2D eigenvalue weighted by Crippen LogP contribution is -2.11. The van der Waals surface area contributed by atoms with Crippen molar-refractivity contribution >= 4 is 11.6 Å². The third kappa shape index (κ3) is 6.54. The van der Waals surface area contributed by atoms with Crippen LogP contribution in [0.1, 0.15) is 22.8 Å². The highest BCUT2D eigenvalue weighted by Gasteiger charge is 2.07. The predicted octanol–water partition coefficient (Wildman–Crippen LogP) is 5.52. The molecule has 0 spiro atoms. The Balaban J connectivity index is 1.49. The highest BCUT2D eigenvalue weighted by atomic mass is 16.5. The van der Waals surface area contributed by atoms with Crippen LogP contribution in [0.3, 0.4) is 0 Å². The SMILES string of the molecule is C=C(C)COc1ccc(NC(=O)c2ccc(OCCc3ccccc3)cc2)cc1. The zero-order chi connectivity index (χ0) is 20.5. The summed E-state index contributed by atoms with van der Waals surface area (Å²) in [6.07, 6.45) is 0.842. The van der Waals surface area contributed by atoms with E-state index in [1.807, 2.05) is 61.5 Å². The molecule has 4 nitrogen and oxygen atoms in total. The first-order valence-corrected chi connectivity index (χ1v) is 9.55. The molecule has 4 heteroatoms. The van der Waals surface area contributed by atoms with Crippen LogP contribution in [0.5, 0.6) is 11.5 Å². The lowest BCUT2D eigenvalue weighted by atomic mass is 10.2. The summed E-state index contributed by atoms with van der Waals surface area (Å²) >= 11 is 0. The zero-order valence-electron chi connectivity index (χ0n) is 16.6. The van der Waals surface area contributed by atoms with Crippen LogP contribution in [0.4, 0.5) is 5.69 Å². The number of carbonyl (C=O) groups is 1. The van der Waals surface area contributed by atoms with E-state index < -0.39 is 0 Å². The molecule has 1 amide bonds. The Morgan fingerprint density at radius 1 is 0.862 bits per heavy atom. The van der Waals surface area contributed by atoms with Crippen molar-refractivity contribution in [2.75, 3.05) is 18.5 Å². The van der Waals surface area contributed by atoms with Crippen molar-refractivity contribution in [3.8, 4) is 11.5 Å². The Morgan fingerprint density at radius 2 is 1.48 bits per heavy atom. The molecule has 0 aliphatic carbocycles. The summed E-state index contributed by atoms with van der Waals surface area (Å²) in [5, 5.41) is 2.88. The molecular weight excluding hydrogens is 362 g/mol. The minimum atomic E-state index is -0.170. The first-order valence-electron chi connectivity index (χ1n) is 9.55. The van der Waals surface area contributed by atoms with Gasteiger partial charge in [0.05, 0.1) is 6.61 Å². The van der Waals surface area contributed by atoms with Crippen molar-refractivity contribution < 1.29 is 14.3 Å². The summed E-state index contributed by atoms with van der Waals surface area (Å²) in [4.78, 5) is 12.4. The van der Waals surface area contributed by atoms with E-state index in [1.54, 1.807) is 12.1 Å². The average Bonchev–Trinajstić information content (AvgIpc) is 2.74. The van der Waals surface area contributed by atoms with Crippen LogP contribution < -0.4 is 14.8 Å². The lowest BCUT2D eigenvalue weighted by molar-refractivity contribution is 0.102. The fraction of sp³-hybridized carbons (Fsp3) is 0.160. The Labute approximate surface area is 171 Å². The van der Waals surface area contributed by atoms with Crippen LogP contribution in [0.15, 0.2) is 91.0 Å². The first-order chi connectivity index (χ1) is 14.1. The molecule has 29 heavy (non-hydrogen) atoms. The van der Waals surface area contributed by atoms with Crippen LogP contribution >= 0.6 is 0 Å². The predicted molar refractivity (Wildman–Crippen MR) is 117 cm³/mol. The number of hydrogen-bond acceptors (Lipinski definition) is 3. The number of ether oxygens (including phenoxy) is 2. The molecule has 0 unspecified atom stereocenters. The number of rotatable bonds is 9.